The third kappa shape index (κ3) is 5.39. The van der Waals surface area contributed by atoms with Crippen LogP contribution in [-0.2, 0) is 16.0 Å². The van der Waals surface area contributed by atoms with Crippen LogP contribution in [0.3, 0.4) is 0 Å². The molecule has 1 amide bonds. The molecular weight excluding hydrogens is 362 g/mol. The first-order chi connectivity index (χ1) is 14.2. The lowest BCUT2D eigenvalue weighted by atomic mass is 9.82. The van der Waals surface area contributed by atoms with Gasteiger partial charge in [-0.2, -0.15) is 0 Å². The van der Waals surface area contributed by atoms with Crippen molar-refractivity contribution in [3.05, 3.63) is 65.2 Å². The summed E-state index contributed by atoms with van der Waals surface area (Å²) in [5.41, 5.74) is 3.68. The Morgan fingerprint density at radius 3 is 2.72 bits per heavy atom. The largest absolute Gasteiger partial charge is 0.468 e. The number of carbonyl (C=O) groups excluding carboxylic acids is 1. The van der Waals surface area contributed by atoms with E-state index in [2.05, 4.69) is 48.6 Å². The van der Waals surface area contributed by atoms with Crippen molar-refractivity contribution < 1.29 is 14.3 Å². The maximum absolute atomic E-state index is 12.4. The third-order valence-electron chi connectivity index (χ3n) is 6.19. The Hall–Kier alpha value is -2.33. The number of hydrogen-bond donors (Lipinski definition) is 1. The molecular formula is C25H31NO3. The first-order valence-electron chi connectivity index (χ1n) is 10.8. The number of carbonyl (C=O) groups is 1. The molecule has 1 aliphatic heterocycles. The predicted octanol–water partition coefficient (Wildman–Crippen LogP) is 4.75. The van der Waals surface area contributed by atoms with Crippen LogP contribution in [0.5, 0.6) is 5.75 Å². The molecule has 2 fully saturated rings. The third-order valence-corrected chi connectivity index (χ3v) is 6.19. The molecule has 154 valence electrons. The van der Waals surface area contributed by atoms with E-state index in [0.717, 1.165) is 31.4 Å². The summed E-state index contributed by atoms with van der Waals surface area (Å²) in [6, 6.07) is 16.7. The molecule has 1 heterocycles. The van der Waals surface area contributed by atoms with Crippen LogP contribution in [0.15, 0.2) is 48.5 Å². The molecule has 1 saturated carbocycles. The van der Waals surface area contributed by atoms with Crippen molar-refractivity contribution in [3.63, 3.8) is 0 Å². The molecule has 4 nitrogen and oxygen atoms in total. The highest BCUT2D eigenvalue weighted by Gasteiger charge is 2.29. The second-order valence-corrected chi connectivity index (χ2v) is 8.48. The summed E-state index contributed by atoms with van der Waals surface area (Å²) >= 11 is 0. The Morgan fingerprint density at radius 1 is 1.07 bits per heavy atom. The first kappa shape index (κ1) is 20.0. The topological polar surface area (TPSA) is 47.6 Å². The van der Waals surface area contributed by atoms with Crippen LogP contribution in [-0.4, -0.2) is 25.3 Å². The molecule has 0 spiro atoms. The number of piperidine rings is 1. The van der Waals surface area contributed by atoms with Gasteiger partial charge in [0.2, 0.25) is 5.91 Å². The van der Waals surface area contributed by atoms with Gasteiger partial charge >= 0.3 is 0 Å². The molecule has 4 heteroatoms. The average molecular weight is 394 g/mol. The zero-order valence-corrected chi connectivity index (χ0v) is 17.2. The number of amides is 1. The molecule has 0 aromatic heterocycles. The smallest absolute Gasteiger partial charge is 0.223 e. The minimum atomic E-state index is 0.00539. The van der Waals surface area contributed by atoms with Crippen molar-refractivity contribution in [1.82, 2.24) is 5.32 Å². The number of aryl methyl sites for hydroxylation is 1. The van der Waals surface area contributed by atoms with Crippen LogP contribution in [0.1, 0.15) is 54.7 Å². The molecule has 0 bridgehead atoms. The standard InChI is InChI=1S/C25H31NO3/c1-18-6-4-7-19(12-18)13-21-14-22(16-26-25(21)27)20-8-5-11-24(15-20)29-17-28-23-9-2-3-10-23/h4-8,11-12,15,21-23H,2-3,9-10,13-14,16-17H2,1H3,(H,26,27). The van der Waals surface area contributed by atoms with Gasteiger partial charge in [-0.25, -0.2) is 0 Å². The van der Waals surface area contributed by atoms with Crippen LogP contribution in [0.2, 0.25) is 0 Å². The van der Waals surface area contributed by atoms with E-state index in [1.807, 2.05) is 12.1 Å². The fourth-order valence-electron chi connectivity index (χ4n) is 4.57. The van der Waals surface area contributed by atoms with Crippen molar-refractivity contribution in [2.75, 3.05) is 13.3 Å². The molecule has 0 radical (unpaired) electrons. The lowest BCUT2D eigenvalue weighted by Crippen LogP contribution is -2.41. The number of ether oxygens (including phenoxy) is 2. The van der Waals surface area contributed by atoms with Gasteiger partial charge in [0, 0.05) is 18.4 Å². The molecule has 4 rings (SSSR count). The van der Waals surface area contributed by atoms with E-state index in [-0.39, 0.29) is 11.8 Å². The number of hydrogen-bond acceptors (Lipinski definition) is 3. The van der Waals surface area contributed by atoms with Crippen molar-refractivity contribution >= 4 is 5.91 Å². The number of nitrogens with one attached hydrogen (secondary N) is 1. The highest BCUT2D eigenvalue weighted by molar-refractivity contribution is 5.80. The second kappa shape index (κ2) is 9.45. The Morgan fingerprint density at radius 2 is 1.90 bits per heavy atom. The van der Waals surface area contributed by atoms with E-state index in [1.54, 1.807) is 0 Å². The van der Waals surface area contributed by atoms with Gasteiger partial charge in [-0.3, -0.25) is 4.79 Å². The SMILES string of the molecule is Cc1cccc(CC2CC(c3cccc(OCOC4CCCC4)c3)CNC2=O)c1. The van der Waals surface area contributed by atoms with Crippen molar-refractivity contribution in [1.29, 1.82) is 0 Å². The Kier molecular flexibility index (Phi) is 6.50. The zero-order chi connectivity index (χ0) is 20.1. The van der Waals surface area contributed by atoms with Crippen LogP contribution >= 0.6 is 0 Å². The van der Waals surface area contributed by atoms with E-state index in [0.29, 0.717) is 25.4 Å². The Labute approximate surface area is 173 Å². The summed E-state index contributed by atoms with van der Waals surface area (Å²) in [5, 5.41) is 3.11. The zero-order valence-electron chi connectivity index (χ0n) is 17.2. The fourth-order valence-corrected chi connectivity index (χ4v) is 4.57. The van der Waals surface area contributed by atoms with E-state index in [4.69, 9.17) is 9.47 Å². The molecule has 29 heavy (non-hydrogen) atoms. The highest BCUT2D eigenvalue weighted by atomic mass is 16.7. The van der Waals surface area contributed by atoms with Crippen LogP contribution in [0.25, 0.3) is 0 Å². The fraction of sp³-hybridized carbons (Fsp3) is 0.480. The van der Waals surface area contributed by atoms with Gasteiger partial charge in [0.1, 0.15) is 5.75 Å². The second-order valence-electron chi connectivity index (χ2n) is 8.48. The lowest BCUT2D eigenvalue weighted by Gasteiger charge is -2.30. The van der Waals surface area contributed by atoms with E-state index < -0.39 is 0 Å². The quantitative estimate of drug-likeness (QED) is 0.691. The lowest BCUT2D eigenvalue weighted by molar-refractivity contribution is -0.126. The maximum Gasteiger partial charge on any atom is 0.223 e. The van der Waals surface area contributed by atoms with Crippen molar-refractivity contribution in [3.8, 4) is 5.75 Å². The predicted molar refractivity (Wildman–Crippen MR) is 114 cm³/mol. The summed E-state index contributed by atoms with van der Waals surface area (Å²) in [6.07, 6.45) is 6.82. The van der Waals surface area contributed by atoms with Crippen LogP contribution in [0.4, 0.5) is 0 Å². The average Bonchev–Trinajstić information content (AvgIpc) is 3.23. The summed E-state index contributed by atoms with van der Waals surface area (Å²) in [6.45, 7) is 3.09. The van der Waals surface area contributed by atoms with Crippen molar-refractivity contribution in [2.45, 2.75) is 57.5 Å². The minimum Gasteiger partial charge on any atom is -0.468 e. The molecule has 2 unspecified atom stereocenters. The highest BCUT2D eigenvalue weighted by Crippen LogP contribution is 2.31. The summed E-state index contributed by atoms with van der Waals surface area (Å²) in [7, 11) is 0. The summed E-state index contributed by atoms with van der Waals surface area (Å²) < 4.78 is 11.7. The van der Waals surface area contributed by atoms with Gasteiger partial charge in [-0.05, 0) is 55.9 Å². The van der Waals surface area contributed by atoms with E-state index >= 15 is 0 Å². The van der Waals surface area contributed by atoms with E-state index in [1.165, 1.54) is 29.5 Å². The van der Waals surface area contributed by atoms with Gasteiger partial charge in [-0.15, -0.1) is 0 Å². The molecule has 2 aliphatic rings. The molecule has 2 aromatic carbocycles. The summed E-state index contributed by atoms with van der Waals surface area (Å²) in [4.78, 5) is 12.4. The van der Waals surface area contributed by atoms with Gasteiger partial charge in [0.05, 0.1) is 6.10 Å². The molecule has 1 N–H and O–H groups in total. The molecule has 2 atom stereocenters. The van der Waals surface area contributed by atoms with Gasteiger partial charge in [0.15, 0.2) is 6.79 Å². The van der Waals surface area contributed by atoms with Gasteiger partial charge in [0.25, 0.3) is 0 Å². The normalized spacial score (nSPS) is 22.4. The Bertz CT molecular complexity index is 828. The first-order valence-corrected chi connectivity index (χ1v) is 10.8. The van der Waals surface area contributed by atoms with Crippen molar-refractivity contribution in [2.24, 2.45) is 5.92 Å². The minimum absolute atomic E-state index is 0.00539. The van der Waals surface area contributed by atoms with Gasteiger partial charge in [-0.1, -0.05) is 54.8 Å². The maximum atomic E-state index is 12.4. The Balaban J connectivity index is 1.36. The number of benzene rings is 2. The van der Waals surface area contributed by atoms with E-state index in [9.17, 15) is 4.79 Å². The van der Waals surface area contributed by atoms with Crippen LogP contribution in [0, 0.1) is 12.8 Å². The summed E-state index contributed by atoms with van der Waals surface area (Å²) in [5.74, 6) is 1.32. The molecule has 1 aliphatic carbocycles. The van der Waals surface area contributed by atoms with Gasteiger partial charge < -0.3 is 14.8 Å². The molecule has 1 saturated heterocycles. The van der Waals surface area contributed by atoms with Crippen LogP contribution < -0.4 is 10.1 Å². The number of rotatable bonds is 7. The monoisotopic (exact) mass is 393 g/mol. The molecule has 2 aromatic rings.